The van der Waals surface area contributed by atoms with Gasteiger partial charge in [0.25, 0.3) is 0 Å². The molecule has 0 amide bonds. The predicted octanol–water partition coefficient (Wildman–Crippen LogP) is 3.14. The van der Waals surface area contributed by atoms with Crippen molar-refractivity contribution in [1.29, 1.82) is 0 Å². The van der Waals surface area contributed by atoms with Crippen LogP contribution in [0.5, 0.6) is 5.75 Å². The summed E-state index contributed by atoms with van der Waals surface area (Å²) in [4.78, 5) is 0. The van der Waals surface area contributed by atoms with Crippen LogP contribution in [0.2, 0.25) is 0 Å². The first kappa shape index (κ1) is 12.8. The lowest BCUT2D eigenvalue weighted by Gasteiger charge is -2.05. The largest absolute Gasteiger partial charge is 0.497 e. The van der Waals surface area contributed by atoms with Crippen molar-refractivity contribution in [1.82, 2.24) is 0 Å². The quantitative estimate of drug-likeness (QED) is 0.825. The van der Waals surface area contributed by atoms with Crippen molar-refractivity contribution in [3.8, 4) is 5.75 Å². The van der Waals surface area contributed by atoms with Gasteiger partial charge in [-0.15, -0.1) is 0 Å². The minimum absolute atomic E-state index is 0.562. The van der Waals surface area contributed by atoms with Gasteiger partial charge in [0.1, 0.15) is 5.75 Å². The number of methoxy groups -OCH3 is 1. The maximum Gasteiger partial charge on any atom is 0.119 e. The molecule has 0 fully saturated rings. The van der Waals surface area contributed by atoms with Crippen molar-refractivity contribution < 1.29 is 8.95 Å². The van der Waals surface area contributed by atoms with E-state index in [4.69, 9.17) is 4.74 Å². The third-order valence-electron chi connectivity index (χ3n) is 2.63. The molecule has 3 heteroatoms. The lowest BCUT2D eigenvalue weighted by molar-refractivity contribution is 0.414. The Morgan fingerprint density at radius 1 is 0.944 bits per heavy atom. The molecule has 2 rings (SSSR count). The topological polar surface area (TPSA) is 26.3 Å². The molecular weight excluding hydrogens is 244 g/mol. The summed E-state index contributed by atoms with van der Waals surface area (Å²) in [7, 11) is 0.751. The highest BCUT2D eigenvalue weighted by Gasteiger charge is 2.04. The minimum atomic E-state index is -0.888. The zero-order valence-corrected chi connectivity index (χ0v) is 11.2. The molecule has 0 aromatic heterocycles. The van der Waals surface area contributed by atoms with Gasteiger partial charge in [-0.1, -0.05) is 42.5 Å². The number of ether oxygens (including phenoxy) is 1. The van der Waals surface area contributed by atoms with Gasteiger partial charge < -0.3 is 4.74 Å². The summed E-state index contributed by atoms with van der Waals surface area (Å²) >= 11 is 0. The third kappa shape index (κ3) is 3.70. The molecular formula is C15H16O2S. The van der Waals surface area contributed by atoms with Gasteiger partial charge in [-0.2, -0.15) is 0 Å². The van der Waals surface area contributed by atoms with Gasteiger partial charge in [-0.25, -0.2) is 0 Å². The Morgan fingerprint density at radius 2 is 1.61 bits per heavy atom. The van der Waals surface area contributed by atoms with Gasteiger partial charge in [-0.05, 0) is 23.3 Å². The maximum absolute atomic E-state index is 12.1. The Labute approximate surface area is 110 Å². The van der Waals surface area contributed by atoms with E-state index in [1.54, 1.807) is 7.11 Å². The summed E-state index contributed by atoms with van der Waals surface area (Å²) < 4.78 is 17.2. The van der Waals surface area contributed by atoms with E-state index < -0.39 is 10.8 Å². The monoisotopic (exact) mass is 260 g/mol. The lowest BCUT2D eigenvalue weighted by Crippen LogP contribution is -1.99. The molecule has 0 radical (unpaired) electrons. The van der Waals surface area contributed by atoms with Gasteiger partial charge in [0.15, 0.2) is 0 Å². The van der Waals surface area contributed by atoms with Crippen LogP contribution in [0.4, 0.5) is 0 Å². The van der Waals surface area contributed by atoms with E-state index in [1.165, 1.54) is 0 Å². The minimum Gasteiger partial charge on any atom is -0.497 e. The molecule has 0 saturated heterocycles. The summed E-state index contributed by atoms with van der Waals surface area (Å²) in [6, 6.07) is 17.6. The first-order valence-corrected chi connectivity index (χ1v) is 7.28. The van der Waals surface area contributed by atoms with E-state index in [-0.39, 0.29) is 0 Å². The van der Waals surface area contributed by atoms with Crippen molar-refractivity contribution in [2.24, 2.45) is 0 Å². The molecule has 0 saturated carbocycles. The third-order valence-corrected chi connectivity index (χ3v) is 3.94. The molecule has 0 aliphatic rings. The highest BCUT2D eigenvalue weighted by molar-refractivity contribution is 7.83. The van der Waals surface area contributed by atoms with Gasteiger partial charge in [0.2, 0.25) is 0 Å². The summed E-state index contributed by atoms with van der Waals surface area (Å²) in [6.07, 6.45) is 0. The number of rotatable bonds is 5. The second-order valence-corrected chi connectivity index (χ2v) is 5.52. The molecule has 94 valence electrons. The molecule has 0 spiro atoms. The van der Waals surface area contributed by atoms with Crippen LogP contribution in [0.1, 0.15) is 11.1 Å². The van der Waals surface area contributed by atoms with E-state index in [1.807, 2.05) is 54.6 Å². The highest BCUT2D eigenvalue weighted by Crippen LogP contribution is 2.15. The molecule has 2 aromatic rings. The summed E-state index contributed by atoms with van der Waals surface area (Å²) in [6.45, 7) is 0. The summed E-state index contributed by atoms with van der Waals surface area (Å²) in [5.74, 6) is 1.97. The van der Waals surface area contributed by atoms with Gasteiger partial charge in [-0.3, -0.25) is 4.21 Å². The van der Waals surface area contributed by atoms with E-state index >= 15 is 0 Å². The van der Waals surface area contributed by atoms with Gasteiger partial charge >= 0.3 is 0 Å². The highest BCUT2D eigenvalue weighted by atomic mass is 32.2. The SMILES string of the molecule is COc1cccc(C[S@](=O)Cc2ccccc2)c1. The standard InChI is InChI=1S/C15H16O2S/c1-17-15-9-5-8-14(10-15)12-18(16)11-13-6-3-2-4-7-13/h2-10H,11-12H2,1H3/t18-/m1/s1. The van der Waals surface area contributed by atoms with Crippen molar-refractivity contribution in [3.05, 3.63) is 65.7 Å². The fourth-order valence-electron chi connectivity index (χ4n) is 1.76. The van der Waals surface area contributed by atoms with Crippen LogP contribution >= 0.6 is 0 Å². The average molecular weight is 260 g/mol. The molecule has 2 nitrogen and oxygen atoms in total. The normalized spacial score (nSPS) is 12.1. The Balaban J connectivity index is 1.99. The van der Waals surface area contributed by atoms with E-state index in [9.17, 15) is 4.21 Å². The summed E-state index contributed by atoms with van der Waals surface area (Å²) in [5, 5.41) is 0. The first-order chi connectivity index (χ1) is 8.78. The molecule has 18 heavy (non-hydrogen) atoms. The van der Waals surface area contributed by atoms with E-state index in [0.717, 1.165) is 16.9 Å². The van der Waals surface area contributed by atoms with Gasteiger partial charge in [0, 0.05) is 22.3 Å². The number of hydrogen-bond donors (Lipinski definition) is 0. The second kappa shape index (κ2) is 6.36. The zero-order chi connectivity index (χ0) is 12.8. The van der Waals surface area contributed by atoms with Crippen molar-refractivity contribution in [2.75, 3.05) is 7.11 Å². The molecule has 1 atom stereocenters. The molecule has 0 N–H and O–H groups in total. The summed E-state index contributed by atoms with van der Waals surface area (Å²) in [5.41, 5.74) is 2.15. The Morgan fingerprint density at radius 3 is 2.33 bits per heavy atom. The predicted molar refractivity (Wildman–Crippen MR) is 75.0 cm³/mol. The van der Waals surface area contributed by atoms with Gasteiger partial charge in [0.05, 0.1) is 7.11 Å². The average Bonchev–Trinajstić information content (AvgIpc) is 2.40. The second-order valence-electron chi connectivity index (χ2n) is 4.07. The van der Waals surface area contributed by atoms with Crippen molar-refractivity contribution in [2.45, 2.75) is 11.5 Å². The smallest absolute Gasteiger partial charge is 0.119 e. The van der Waals surface area contributed by atoms with Crippen LogP contribution in [-0.2, 0) is 22.3 Å². The lowest BCUT2D eigenvalue weighted by atomic mass is 10.2. The van der Waals surface area contributed by atoms with E-state index in [0.29, 0.717) is 11.5 Å². The van der Waals surface area contributed by atoms with Crippen LogP contribution in [0.3, 0.4) is 0 Å². The number of hydrogen-bond acceptors (Lipinski definition) is 2. The van der Waals surface area contributed by atoms with E-state index in [2.05, 4.69) is 0 Å². The molecule has 2 aromatic carbocycles. The fourth-order valence-corrected chi connectivity index (χ4v) is 2.98. The Hall–Kier alpha value is -1.61. The first-order valence-electron chi connectivity index (χ1n) is 5.80. The van der Waals surface area contributed by atoms with Crippen LogP contribution in [0.15, 0.2) is 54.6 Å². The van der Waals surface area contributed by atoms with Crippen LogP contribution < -0.4 is 4.74 Å². The zero-order valence-electron chi connectivity index (χ0n) is 10.3. The van der Waals surface area contributed by atoms with Crippen molar-refractivity contribution >= 4 is 10.8 Å². The Bertz CT molecular complexity index is 523. The van der Waals surface area contributed by atoms with Crippen LogP contribution in [-0.4, -0.2) is 11.3 Å². The Kier molecular flexibility index (Phi) is 4.53. The van der Waals surface area contributed by atoms with Crippen molar-refractivity contribution in [3.63, 3.8) is 0 Å². The molecule has 0 aliphatic heterocycles. The molecule has 0 bridgehead atoms. The van der Waals surface area contributed by atoms with Crippen LogP contribution in [0.25, 0.3) is 0 Å². The maximum atomic E-state index is 12.1. The molecule has 0 heterocycles. The fraction of sp³-hybridized carbons (Fsp3) is 0.200. The van der Waals surface area contributed by atoms with Crippen LogP contribution in [0, 0.1) is 0 Å². The molecule has 0 unspecified atom stereocenters. The number of benzene rings is 2. The molecule has 0 aliphatic carbocycles.